The van der Waals surface area contributed by atoms with Crippen LogP contribution in [0.2, 0.25) is 0 Å². The number of ether oxygens (including phenoxy) is 1. The SMILES string of the molecule is COc1ccccc1NC(=S)Nc1ccc(C(C)C)cc1. The van der Waals surface area contributed by atoms with Crippen molar-refractivity contribution in [2.24, 2.45) is 0 Å². The topological polar surface area (TPSA) is 33.3 Å². The molecule has 0 atom stereocenters. The zero-order valence-electron chi connectivity index (χ0n) is 12.5. The van der Waals surface area contributed by atoms with Crippen LogP contribution in [0.1, 0.15) is 25.3 Å². The molecule has 0 amide bonds. The Labute approximate surface area is 131 Å². The van der Waals surface area contributed by atoms with Gasteiger partial charge < -0.3 is 15.4 Å². The normalized spacial score (nSPS) is 10.3. The van der Waals surface area contributed by atoms with Gasteiger partial charge in [0.2, 0.25) is 0 Å². The molecular weight excluding hydrogens is 280 g/mol. The van der Waals surface area contributed by atoms with E-state index >= 15 is 0 Å². The van der Waals surface area contributed by atoms with Gasteiger partial charge in [0.1, 0.15) is 5.75 Å². The van der Waals surface area contributed by atoms with Crippen molar-refractivity contribution in [1.82, 2.24) is 0 Å². The van der Waals surface area contributed by atoms with Gasteiger partial charge in [0.25, 0.3) is 0 Å². The van der Waals surface area contributed by atoms with Crippen LogP contribution in [0, 0.1) is 0 Å². The molecule has 0 saturated heterocycles. The Morgan fingerprint density at radius 3 is 2.29 bits per heavy atom. The lowest BCUT2D eigenvalue weighted by Crippen LogP contribution is -2.19. The Hall–Kier alpha value is -2.07. The molecule has 0 heterocycles. The molecule has 2 aromatic rings. The fourth-order valence-corrected chi connectivity index (χ4v) is 2.21. The molecule has 21 heavy (non-hydrogen) atoms. The lowest BCUT2D eigenvalue weighted by molar-refractivity contribution is 0.417. The largest absolute Gasteiger partial charge is 0.495 e. The molecule has 2 rings (SSSR count). The minimum atomic E-state index is 0.526. The monoisotopic (exact) mass is 300 g/mol. The van der Waals surface area contributed by atoms with Crippen LogP contribution < -0.4 is 15.4 Å². The van der Waals surface area contributed by atoms with Gasteiger partial charge in [0, 0.05) is 5.69 Å². The molecule has 0 saturated carbocycles. The zero-order valence-corrected chi connectivity index (χ0v) is 13.3. The van der Waals surface area contributed by atoms with Crippen molar-refractivity contribution in [3.05, 3.63) is 54.1 Å². The maximum atomic E-state index is 5.33. The molecule has 2 N–H and O–H groups in total. The quantitative estimate of drug-likeness (QED) is 0.807. The van der Waals surface area contributed by atoms with Crippen LogP contribution >= 0.6 is 12.2 Å². The lowest BCUT2D eigenvalue weighted by atomic mass is 10.0. The summed E-state index contributed by atoms with van der Waals surface area (Å²) >= 11 is 5.33. The summed E-state index contributed by atoms with van der Waals surface area (Å²) in [6, 6.07) is 16.0. The van der Waals surface area contributed by atoms with Gasteiger partial charge in [-0.2, -0.15) is 0 Å². The molecular formula is C17H20N2OS. The summed E-state index contributed by atoms with van der Waals surface area (Å²) in [5.41, 5.74) is 3.12. The summed E-state index contributed by atoms with van der Waals surface area (Å²) in [4.78, 5) is 0. The average Bonchev–Trinajstić information content (AvgIpc) is 2.48. The number of nitrogens with one attached hydrogen (secondary N) is 2. The lowest BCUT2D eigenvalue weighted by Gasteiger charge is -2.14. The van der Waals surface area contributed by atoms with Gasteiger partial charge in [-0.15, -0.1) is 0 Å². The fraction of sp³-hybridized carbons (Fsp3) is 0.235. The molecule has 4 heteroatoms. The minimum Gasteiger partial charge on any atom is -0.495 e. The highest BCUT2D eigenvalue weighted by molar-refractivity contribution is 7.80. The third kappa shape index (κ3) is 4.20. The molecule has 0 unspecified atom stereocenters. The Morgan fingerprint density at radius 2 is 1.67 bits per heavy atom. The predicted molar refractivity (Wildman–Crippen MR) is 93.4 cm³/mol. The summed E-state index contributed by atoms with van der Waals surface area (Å²) in [5.74, 6) is 1.29. The molecule has 0 spiro atoms. The van der Waals surface area contributed by atoms with Crippen molar-refractivity contribution in [1.29, 1.82) is 0 Å². The van der Waals surface area contributed by atoms with E-state index in [4.69, 9.17) is 17.0 Å². The molecule has 0 bridgehead atoms. The van der Waals surface area contributed by atoms with Crippen LogP contribution in [0.15, 0.2) is 48.5 Å². The van der Waals surface area contributed by atoms with Crippen molar-refractivity contribution >= 4 is 28.7 Å². The number of para-hydroxylation sites is 2. The number of benzene rings is 2. The van der Waals surface area contributed by atoms with E-state index in [1.807, 2.05) is 36.4 Å². The first kappa shape index (κ1) is 15.3. The van der Waals surface area contributed by atoms with Crippen LogP contribution in [0.25, 0.3) is 0 Å². The van der Waals surface area contributed by atoms with E-state index in [0.29, 0.717) is 11.0 Å². The second-order valence-corrected chi connectivity index (χ2v) is 5.46. The van der Waals surface area contributed by atoms with E-state index in [0.717, 1.165) is 17.1 Å². The van der Waals surface area contributed by atoms with Crippen molar-refractivity contribution in [3.63, 3.8) is 0 Å². The van der Waals surface area contributed by atoms with Crippen molar-refractivity contribution in [3.8, 4) is 5.75 Å². The van der Waals surface area contributed by atoms with Crippen LogP contribution in [0.4, 0.5) is 11.4 Å². The fourth-order valence-electron chi connectivity index (χ4n) is 1.98. The highest BCUT2D eigenvalue weighted by atomic mass is 32.1. The predicted octanol–water partition coefficient (Wildman–Crippen LogP) is 4.63. The molecule has 110 valence electrons. The van der Waals surface area contributed by atoms with E-state index in [2.05, 4.69) is 36.6 Å². The van der Waals surface area contributed by atoms with E-state index in [9.17, 15) is 0 Å². The number of rotatable bonds is 4. The number of anilines is 2. The van der Waals surface area contributed by atoms with Crippen molar-refractivity contribution < 1.29 is 4.74 Å². The van der Waals surface area contributed by atoms with Crippen LogP contribution in [-0.2, 0) is 0 Å². The van der Waals surface area contributed by atoms with Crippen molar-refractivity contribution in [2.75, 3.05) is 17.7 Å². The van der Waals surface area contributed by atoms with Gasteiger partial charge in [-0.05, 0) is 48.0 Å². The summed E-state index contributed by atoms with van der Waals surface area (Å²) < 4.78 is 5.29. The third-order valence-corrected chi connectivity index (χ3v) is 3.39. The summed E-state index contributed by atoms with van der Waals surface area (Å²) in [6.07, 6.45) is 0. The van der Waals surface area contributed by atoms with Gasteiger partial charge in [-0.3, -0.25) is 0 Å². The average molecular weight is 300 g/mol. The van der Waals surface area contributed by atoms with Crippen LogP contribution in [-0.4, -0.2) is 12.2 Å². The van der Waals surface area contributed by atoms with Gasteiger partial charge in [-0.25, -0.2) is 0 Å². The van der Waals surface area contributed by atoms with Crippen molar-refractivity contribution in [2.45, 2.75) is 19.8 Å². The van der Waals surface area contributed by atoms with Gasteiger partial charge in [0.15, 0.2) is 5.11 Å². The third-order valence-electron chi connectivity index (χ3n) is 3.19. The number of thiocarbonyl (C=S) groups is 1. The first-order valence-corrected chi connectivity index (χ1v) is 7.32. The summed E-state index contributed by atoms with van der Waals surface area (Å²) in [5, 5.41) is 6.85. The number of hydrogen-bond acceptors (Lipinski definition) is 2. The molecule has 0 radical (unpaired) electrons. The van der Waals surface area contributed by atoms with Crippen LogP contribution in [0.3, 0.4) is 0 Å². The van der Waals surface area contributed by atoms with Gasteiger partial charge in [0.05, 0.1) is 12.8 Å². The Kier molecular flexibility index (Phi) is 5.17. The van der Waals surface area contributed by atoms with E-state index < -0.39 is 0 Å². The maximum Gasteiger partial charge on any atom is 0.175 e. The Morgan fingerprint density at radius 1 is 1.00 bits per heavy atom. The van der Waals surface area contributed by atoms with Gasteiger partial charge in [-0.1, -0.05) is 38.1 Å². The number of hydrogen-bond donors (Lipinski definition) is 2. The maximum absolute atomic E-state index is 5.33. The highest BCUT2D eigenvalue weighted by Crippen LogP contribution is 2.23. The smallest absolute Gasteiger partial charge is 0.175 e. The van der Waals surface area contributed by atoms with Gasteiger partial charge >= 0.3 is 0 Å². The van der Waals surface area contributed by atoms with Crippen LogP contribution in [0.5, 0.6) is 5.75 Å². The summed E-state index contributed by atoms with van der Waals surface area (Å²) in [6.45, 7) is 4.35. The van der Waals surface area contributed by atoms with E-state index in [-0.39, 0.29) is 0 Å². The zero-order chi connectivity index (χ0) is 15.2. The summed E-state index contributed by atoms with van der Waals surface area (Å²) in [7, 11) is 1.64. The van der Waals surface area contributed by atoms with E-state index in [1.165, 1.54) is 5.56 Å². The Balaban J connectivity index is 2.01. The highest BCUT2D eigenvalue weighted by Gasteiger charge is 2.04. The molecule has 0 fully saturated rings. The first-order valence-electron chi connectivity index (χ1n) is 6.91. The second-order valence-electron chi connectivity index (χ2n) is 5.06. The van der Waals surface area contributed by atoms with E-state index in [1.54, 1.807) is 7.11 Å². The second kappa shape index (κ2) is 7.09. The molecule has 0 aromatic heterocycles. The molecule has 0 aliphatic carbocycles. The molecule has 0 aliphatic rings. The molecule has 3 nitrogen and oxygen atoms in total. The first-order chi connectivity index (χ1) is 10.1. The Bertz CT molecular complexity index is 608. The molecule has 0 aliphatic heterocycles. The standard InChI is InChI=1S/C17H20N2OS/c1-12(2)13-8-10-14(11-9-13)18-17(21)19-15-6-4-5-7-16(15)20-3/h4-12H,1-3H3,(H2,18,19,21). The minimum absolute atomic E-state index is 0.526. The molecule has 2 aromatic carbocycles. The number of methoxy groups -OCH3 is 1.